The summed E-state index contributed by atoms with van der Waals surface area (Å²) in [6, 6.07) is 14.7. The highest BCUT2D eigenvalue weighted by atomic mass is 32.1. The molecule has 4 heterocycles. The number of aromatic nitrogens is 6. The minimum absolute atomic E-state index is 0.0822. The van der Waals surface area contributed by atoms with Crippen molar-refractivity contribution in [3.8, 4) is 12.0 Å². The number of aromatic amines is 1. The third-order valence-corrected chi connectivity index (χ3v) is 7.85. The second-order valence-corrected chi connectivity index (χ2v) is 10.3. The Labute approximate surface area is 238 Å². The van der Waals surface area contributed by atoms with Crippen molar-refractivity contribution in [2.45, 2.75) is 18.8 Å². The van der Waals surface area contributed by atoms with Crippen LogP contribution < -0.4 is 19.7 Å². The van der Waals surface area contributed by atoms with Crippen molar-refractivity contribution in [2.75, 3.05) is 37.5 Å². The van der Waals surface area contributed by atoms with Gasteiger partial charge in [-0.15, -0.1) is 16.3 Å². The van der Waals surface area contributed by atoms with E-state index in [1.54, 1.807) is 35.7 Å². The van der Waals surface area contributed by atoms with E-state index in [4.69, 9.17) is 9.47 Å². The number of hydrogen-bond acceptors (Lipinski definition) is 11. The quantitative estimate of drug-likeness (QED) is 0.261. The number of ether oxygens (including phenoxy) is 2. The van der Waals surface area contributed by atoms with E-state index in [2.05, 4.69) is 40.1 Å². The minimum Gasteiger partial charge on any atom is -0.467 e. The number of carbonyl (C=O) groups excluding carboxylic acids is 2. The molecule has 13 heteroatoms. The number of H-pyrrole nitrogens is 1. The van der Waals surface area contributed by atoms with Gasteiger partial charge in [-0.1, -0.05) is 30.3 Å². The molecule has 2 N–H and O–H groups in total. The topological polar surface area (TPSA) is 148 Å². The predicted octanol–water partition coefficient (Wildman–Crippen LogP) is 4.09. The van der Waals surface area contributed by atoms with E-state index in [9.17, 15) is 9.59 Å². The van der Waals surface area contributed by atoms with Crippen molar-refractivity contribution >= 4 is 46.0 Å². The van der Waals surface area contributed by atoms with Crippen LogP contribution in [0.5, 0.6) is 12.0 Å². The van der Waals surface area contributed by atoms with E-state index < -0.39 is 0 Å². The zero-order chi connectivity index (χ0) is 28.3. The van der Waals surface area contributed by atoms with Gasteiger partial charge in [0.05, 0.1) is 30.3 Å². The van der Waals surface area contributed by atoms with Crippen LogP contribution in [0.15, 0.2) is 53.9 Å². The lowest BCUT2D eigenvalue weighted by molar-refractivity contribution is 0.101. The maximum absolute atomic E-state index is 13.0. The molecule has 5 aromatic rings. The van der Waals surface area contributed by atoms with Gasteiger partial charge >= 0.3 is 12.0 Å². The molecule has 0 atom stereocenters. The van der Waals surface area contributed by atoms with Crippen LogP contribution in [-0.2, 0) is 0 Å². The molecule has 0 radical (unpaired) electrons. The molecule has 1 fully saturated rings. The van der Waals surface area contributed by atoms with Crippen molar-refractivity contribution in [3.63, 3.8) is 0 Å². The number of rotatable bonds is 8. The third-order valence-electron chi connectivity index (χ3n) is 6.84. The number of benzene rings is 2. The van der Waals surface area contributed by atoms with E-state index in [1.165, 1.54) is 25.6 Å². The smallest absolute Gasteiger partial charge is 0.324 e. The van der Waals surface area contributed by atoms with E-state index >= 15 is 0 Å². The average Bonchev–Trinajstić information content (AvgIpc) is 3.68. The first-order valence-corrected chi connectivity index (χ1v) is 13.8. The number of imidazole rings is 1. The highest BCUT2D eigenvalue weighted by molar-refractivity contribution is 7.10. The van der Waals surface area contributed by atoms with Crippen molar-refractivity contribution in [2.24, 2.45) is 0 Å². The summed E-state index contributed by atoms with van der Waals surface area (Å²) in [6.07, 6.45) is 1.66. The summed E-state index contributed by atoms with van der Waals surface area (Å²) in [5.41, 5.74) is 2.77. The van der Waals surface area contributed by atoms with Crippen molar-refractivity contribution in [3.05, 3.63) is 75.7 Å². The van der Waals surface area contributed by atoms with Gasteiger partial charge in [-0.25, -0.2) is 9.97 Å². The van der Waals surface area contributed by atoms with Gasteiger partial charge < -0.3 is 19.4 Å². The van der Waals surface area contributed by atoms with Crippen LogP contribution >= 0.6 is 11.3 Å². The Morgan fingerprint density at radius 2 is 1.66 bits per heavy atom. The molecule has 0 bridgehead atoms. The zero-order valence-corrected chi connectivity index (χ0v) is 23.1. The van der Waals surface area contributed by atoms with Gasteiger partial charge in [-0.05, 0) is 31.0 Å². The zero-order valence-electron chi connectivity index (χ0n) is 22.3. The molecule has 0 spiro atoms. The Morgan fingerprint density at radius 1 is 0.927 bits per heavy atom. The second-order valence-electron chi connectivity index (χ2n) is 9.41. The van der Waals surface area contributed by atoms with E-state index in [1.807, 2.05) is 18.2 Å². The first kappa shape index (κ1) is 26.3. The number of methoxy groups -OCH3 is 2. The molecule has 2 aromatic carbocycles. The molecular formula is C28H26N8O4S. The molecule has 12 nitrogen and oxygen atoms in total. The average molecular weight is 571 g/mol. The molecule has 1 aliphatic rings. The second kappa shape index (κ2) is 11.3. The van der Waals surface area contributed by atoms with Gasteiger partial charge in [-0.3, -0.25) is 14.9 Å². The van der Waals surface area contributed by atoms with Crippen LogP contribution in [0.25, 0.3) is 11.0 Å². The Hall–Kier alpha value is -4.91. The maximum atomic E-state index is 13.0. The molecule has 0 saturated carbocycles. The van der Waals surface area contributed by atoms with Crippen molar-refractivity contribution in [1.82, 2.24) is 29.9 Å². The summed E-state index contributed by atoms with van der Waals surface area (Å²) in [4.78, 5) is 52.7. The fraction of sp³-hybridized carbons (Fsp3) is 0.250. The van der Waals surface area contributed by atoms with Gasteiger partial charge in [0.15, 0.2) is 5.78 Å². The molecular weight excluding hydrogens is 544 g/mol. The van der Waals surface area contributed by atoms with E-state index in [0.29, 0.717) is 39.8 Å². The monoisotopic (exact) mass is 570 g/mol. The number of ketones is 1. The number of amides is 1. The molecule has 1 aliphatic heterocycles. The predicted molar refractivity (Wildman–Crippen MR) is 153 cm³/mol. The summed E-state index contributed by atoms with van der Waals surface area (Å²) in [5, 5.41) is 5.47. The number of nitrogens with one attached hydrogen (secondary N) is 2. The highest BCUT2D eigenvalue weighted by Gasteiger charge is 2.26. The molecule has 41 heavy (non-hydrogen) atoms. The van der Waals surface area contributed by atoms with Crippen LogP contribution in [0.2, 0.25) is 0 Å². The van der Waals surface area contributed by atoms with Crippen LogP contribution in [0, 0.1) is 0 Å². The number of thiazole rings is 1. The van der Waals surface area contributed by atoms with Crippen LogP contribution in [-0.4, -0.2) is 68.9 Å². The Balaban J connectivity index is 1.09. The lowest BCUT2D eigenvalue weighted by Gasteiger charge is -2.31. The van der Waals surface area contributed by atoms with Crippen LogP contribution in [0.4, 0.5) is 11.9 Å². The number of nitrogens with zero attached hydrogens (tertiary/aromatic N) is 6. The molecule has 0 unspecified atom stereocenters. The summed E-state index contributed by atoms with van der Waals surface area (Å²) in [7, 11) is 3.00. The normalized spacial score (nSPS) is 13.8. The van der Waals surface area contributed by atoms with Gasteiger partial charge in [0.1, 0.15) is 5.69 Å². The minimum atomic E-state index is -0.353. The fourth-order valence-electron chi connectivity index (χ4n) is 4.70. The van der Waals surface area contributed by atoms with Gasteiger partial charge in [0, 0.05) is 35.5 Å². The standard InChI is InChI=1S/C28H26N8O4S/c1-39-27-33-26(34-28(35-27)40-2)36-12-10-17(11-13-36)24-29-21(15-41-24)23(38)32-25-30-19-9-8-18(14-20(19)31-25)22(37)16-6-4-3-5-7-16/h3-9,14-15,17H,10-13H2,1-2H3,(H2,30,31,32,38). The van der Waals surface area contributed by atoms with Gasteiger partial charge in [0.2, 0.25) is 11.9 Å². The molecule has 6 rings (SSSR count). The number of anilines is 2. The lowest BCUT2D eigenvalue weighted by Crippen LogP contribution is -2.34. The Kier molecular flexibility index (Phi) is 7.25. The lowest BCUT2D eigenvalue weighted by atomic mass is 9.98. The fourth-order valence-corrected chi connectivity index (χ4v) is 5.67. The van der Waals surface area contributed by atoms with E-state index in [0.717, 1.165) is 30.9 Å². The van der Waals surface area contributed by atoms with Crippen LogP contribution in [0.1, 0.15) is 50.2 Å². The third kappa shape index (κ3) is 5.57. The number of piperidine rings is 1. The summed E-state index contributed by atoms with van der Waals surface area (Å²) in [5.74, 6) is 0.583. The van der Waals surface area contributed by atoms with E-state index in [-0.39, 0.29) is 29.6 Å². The highest BCUT2D eigenvalue weighted by Crippen LogP contribution is 2.32. The van der Waals surface area contributed by atoms with Crippen molar-refractivity contribution in [1.29, 1.82) is 0 Å². The SMILES string of the molecule is COc1nc(OC)nc(N2CCC(c3nc(C(=O)Nc4nc5ccc(C(=O)c6ccccc6)cc5[nH]4)cs3)CC2)n1. The van der Waals surface area contributed by atoms with Crippen molar-refractivity contribution < 1.29 is 19.1 Å². The molecule has 0 aliphatic carbocycles. The molecule has 3 aromatic heterocycles. The van der Waals surface area contributed by atoms with Gasteiger partial charge in [0.25, 0.3) is 5.91 Å². The van der Waals surface area contributed by atoms with Crippen LogP contribution in [0.3, 0.4) is 0 Å². The molecule has 1 amide bonds. The largest absolute Gasteiger partial charge is 0.467 e. The number of carbonyl (C=O) groups is 2. The van der Waals surface area contributed by atoms with Gasteiger partial charge in [-0.2, -0.15) is 9.97 Å². The first-order chi connectivity index (χ1) is 20.0. The number of fused-ring (bicyclic) bond motifs is 1. The summed E-state index contributed by atoms with van der Waals surface area (Å²) < 4.78 is 10.3. The first-order valence-electron chi connectivity index (χ1n) is 13.0. The Morgan fingerprint density at radius 3 is 2.37 bits per heavy atom. The number of hydrogen-bond donors (Lipinski definition) is 2. The Bertz CT molecular complexity index is 1690. The summed E-state index contributed by atoms with van der Waals surface area (Å²) >= 11 is 1.47. The molecule has 208 valence electrons. The molecule has 1 saturated heterocycles. The summed E-state index contributed by atoms with van der Waals surface area (Å²) in [6.45, 7) is 1.44. The maximum Gasteiger partial charge on any atom is 0.324 e.